The van der Waals surface area contributed by atoms with E-state index in [9.17, 15) is 4.79 Å². The molecular weight excluding hydrogens is 250 g/mol. The van der Waals surface area contributed by atoms with Crippen molar-refractivity contribution in [3.8, 4) is 0 Å². The molecule has 3 nitrogen and oxygen atoms in total. The van der Waals surface area contributed by atoms with Crippen LogP contribution in [-0.2, 0) is 16.0 Å². The molecule has 2 unspecified atom stereocenters. The van der Waals surface area contributed by atoms with Crippen molar-refractivity contribution in [2.24, 2.45) is 5.41 Å². The molecule has 2 atom stereocenters. The lowest BCUT2D eigenvalue weighted by Gasteiger charge is -2.34. The maximum atomic E-state index is 12.3. The summed E-state index contributed by atoms with van der Waals surface area (Å²) in [6.45, 7) is 7.64. The second-order valence-corrected chi connectivity index (χ2v) is 6.90. The average Bonchev–Trinajstić information content (AvgIpc) is 2.81. The Morgan fingerprint density at radius 2 is 2.10 bits per heavy atom. The third-order valence-corrected chi connectivity index (χ3v) is 4.43. The monoisotopic (exact) mass is 273 g/mol. The molecule has 0 radical (unpaired) electrons. The van der Waals surface area contributed by atoms with Crippen LogP contribution in [0.15, 0.2) is 24.3 Å². The third kappa shape index (κ3) is 2.40. The Morgan fingerprint density at radius 3 is 2.85 bits per heavy atom. The SMILES string of the molecule is CC(C)(C)C(=O)CC1COC2c3ccccc3CCN12. The van der Waals surface area contributed by atoms with Crippen LogP contribution in [0.25, 0.3) is 0 Å². The van der Waals surface area contributed by atoms with Gasteiger partial charge in [-0.1, -0.05) is 45.0 Å². The molecule has 2 aliphatic rings. The first kappa shape index (κ1) is 13.8. The molecule has 20 heavy (non-hydrogen) atoms. The van der Waals surface area contributed by atoms with Gasteiger partial charge in [0, 0.05) is 24.4 Å². The minimum absolute atomic E-state index is 0.0534. The lowest BCUT2D eigenvalue weighted by molar-refractivity contribution is -0.127. The minimum Gasteiger partial charge on any atom is -0.357 e. The molecule has 0 aromatic heterocycles. The van der Waals surface area contributed by atoms with Gasteiger partial charge in [-0.3, -0.25) is 9.69 Å². The van der Waals surface area contributed by atoms with Crippen molar-refractivity contribution < 1.29 is 9.53 Å². The number of ether oxygens (including phenoxy) is 1. The van der Waals surface area contributed by atoms with Crippen LogP contribution in [0.2, 0.25) is 0 Å². The Kier molecular flexibility index (Phi) is 3.43. The van der Waals surface area contributed by atoms with Gasteiger partial charge in [0.2, 0.25) is 0 Å². The van der Waals surface area contributed by atoms with Crippen LogP contribution in [0.5, 0.6) is 0 Å². The molecule has 3 rings (SSSR count). The fraction of sp³-hybridized carbons (Fsp3) is 0.588. The zero-order valence-corrected chi connectivity index (χ0v) is 12.6. The Morgan fingerprint density at radius 1 is 1.35 bits per heavy atom. The van der Waals surface area contributed by atoms with E-state index in [0.717, 1.165) is 13.0 Å². The van der Waals surface area contributed by atoms with Gasteiger partial charge in [0.15, 0.2) is 0 Å². The average molecular weight is 273 g/mol. The summed E-state index contributed by atoms with van der Waals surface area (Å²) in [6, 6.07) is 8.73. The molecule has 2 heterocycles. The van der Waals surface area contributed by atoms with E-state index in [4.69, 9.17) is 4.74 Å². The number of benzene rings is 1. The Balaban J connectivity index is 1.76. The predicted molar refractivity (Wildman–Crippen MR) is 78.4 cm³/mol. The van der Waals surface area contributed by atoms with Crippen molar-refractivity contribution in [3.63, 3.8) is 0 Å². The number of hydrogen-bond acceptors (Lipinski definition) is 3. The van der Waals surface area contributed by atoms with Gasteiger partial charge in [-0.25, -0.2) is 0 Å². The van der Waals surface area contributed by atoms with Crippen LogP contribution in [0.1, 0.15) is 44.5 Å². The highest BCUT2D eigenvalue weighted by Crippen LogP contribution is 2.38. The Hall–Kier alpha value is -1.19. The first-order chi connectivity index (χ1) is 9.47. The normalized spacial score (nSPS) is 26.1. The van der Waals surface area contributed by atoms with Crippen molar-refractivity contribution in [2.45, 2.75) is 45.9 Å². The molecule has 0 saturated carbocycles. The summed E-state index contributed by atoms with van der Waals surface area (Å²) in [5.41, 5.74) is 2.41. The number of carbonyl (C=O) groups is 1. The summed E-state index contributed by atoms with van der Waals surface area (Å²) in [4.78, 5) is 14.6. The zero-order valence-electron chi connectivity index (χ0n) is 12.6. The molecule has 0 aliphatic carbocycles. The van der Waals surface area contributed by atoms with Crippen molar-refractivity contribution >= 4 is 5.78 Å². The first-order valence-electron chi connectivity index (χ1n) is 7.45. The fourth-order valence-electron chi connectivity index (χ4n) is 3.10. The predicted octanol–water partition coefficient (Wildman–Crippen LogP) is 2.95. The summed E-state index contributed by atoms with van der Waals surface area (Å²) in [7, 11) is 0. The summed E-state index contributed by atoms with van der Waals surface area (Å²) < 4.78 is 5.98. The highest BCUT2D eigenvalue weighted by atomic mass is 16.5. The topological polar surface area (TPSA) is 29.5 Å². The summed E-state index contributed by atoms with van der Waals surface area (Å²) in [5.74, 6) is 0.325. The summed E-state index contributed by atoms with van der Waals surface area (Å²) in [6.07, 6.45) is 1.70. The maximum Gasteiger partial charge on any atom is 0.139 e. The van der Waals surface area contributed by atoms with E-state index < -0.39 is 0 Å². The number of hydrogen-bond donors (Lipinski definition) is 0. The molecule has 108 valence electrons. The summed E-state index contributed by atoms with van der Waals surface area (Å²) in [5, 5.41) is 0. The second kappa shape index (κ2) is 4.97. The van der Waals surface area contributed by atoms with E-state index in [1.54, 1.807) is 0 Å². The molecule has 1 aromatic carbocycles. The van der Waals surface area contributed by atoms with Gasteiger partial charge in [0.25, 0.3) is 0 Å². The van der Waals surface area contributed by atoms with Crippen LogP contribution >= 0.6 is 0 Å². The Labute approximate surface area is 120 Å². The quantitative estimate of drug-likeness (QED) is 0.829. The standard InChI is InChI=1S/C17H23NO2/c1-17(2,3)15(19)10-13-11-20-16-14-7-5-4-6-12(14)8-9-18(13)16/h4-7,13,16H,8-11H2,1-3H3. The van der Waals surface area contributed by atoms with Crippen LogP contribution in [-0.4, -0.2) is 29.9 Å². The van der Waals surface area contributed by atoms with Gasteiger partial charge in [0.1, 0.15) is 12.0 Å². The molecule has 1 saturated heterocycles. The van der Waals surface area contributed by atoms with Crippen molar-refractivity contribution in [3.05, 3.63) is 35.4 Å². The van der Waals surface area contributed by atoms with E-state index in [2.05, 4.69) is 29.2 Å². The number of fused-ring (bicyclic) bond motifs is 3. The lowest BCUT2D eigenvalue weighted by atomic mass is 9.86. The van der Waals surface area contributed by atoms with Gasteiger partial charge < -0.3 is 4.74 Å². The van der Waals surface area contributed by atoms with Crippen LogP contribution in [0, 0.1) is 5.41 Å². The smallest absolute Gasteiger partial charge is 0.139 e. The first-order valence-corrected chi connectivity index (χ1v) is 7.45. The molecular formula is C17H23NO2. The minimum atomic E-state index is -0.258. The zero-order chi connectivity index (χ0) is 14.3. The molecule has 0 bridgehead atoms. The largest absolute Gasteiger partial charge is 0.357 e. The molecule has 0 N–H and O–H groups in total. The third-order valence-electron chi connectivity index (χ3n) is 4.43. The number of nitrogens with zero attached hydrogens (tertiary/aromatic N) is 1. The van der Waals surface area contributed by atoms with Gasteiger partial charge >= 0.3 is 0 Å². The molecule has 1 aromatic rings. The van der Waals surface area contributed by atoms with Gasteiger partial charge in [-0.2, -0.15) is 0 Å². The van der Waals surface area contributed by atoms with Crippen LogP contribution < -0.4 is 0 Å². The van der Waals surface area contributed by atoms with Gasteiger partial charge in [-0.15, -0.1) is 0 Å². The fourth-order valence-corrected chi connectivity index (χ4v) is 3.10. The van der Waals surface area contributed by atoms with Crippen molar-refractivity contribution in [1.29, 1.82) is 0 Å². The van der Waals surface area contributed by atoms with E-state index in [-0.39, 0.29) is 17.7 Å². The number of ketones is 1. The maximum absolute atomic E-state index is 12.3. The molecule has 2 aliphatic heterocycles. The van der Waals surface area contributed by atoms with Gasteiger partial charge in [-0.05, 0) is 17.5 Å². The molecule has 0 spiro atoms. The number of carbonyl (C=O) groups excluding carboxylic acids is 1. The van der Waals surface area contributed by atoms with E-state index in [1.165, 1.54) is 11.1 Å². The van der Waals surface area contributed by atoms with Crippen LogP contribution in [0.3, 0.4) is 0 Å². The second-order valence-electron chi connectivity index (χ2n) is 6.90. The number of Topliss-reactive ketones (excluding diaryl/α,β-unsaturated/α-hetero) is 1. The van der Waals surface area contributed by atoms with Crippen molar-refractivity contribution in [2.75, 3.05) is 13.2 Å². The highest BCUT2D eigenvalue weighted by molar-refractivity contribution is 5.84. The van der Waals surface area contributed by atoms with Gasteiger partial charge in [0.05, 0.1) is 6.61 Å². The number of rotatable bonds is 2. The molecule has 3 heteroatoms. The van der Waals surface area contributed by atoms with E-state index in [0.29, 0.717) is 18.8 Å². The highest BCUT2D eigenvalue weighted by Gasteiger charge is 2.40. The van der Waals surface area contributed by atoms with E-state index in [1.807, 2.05) is 20.8 Å². The molecule has 1 fully saturated rings. The van der Waals surface area contributed by atoms with E-state index >= 15 is 0 Å². The van der Waals surface area contributed by atoms with Crippen molar-refractivity contribution in [1.82, 2.24) is 4.90 Å². The summed E-state index contributed by atoms with van der Waals surface area (Å²) >= 11 is 0. The van der Waals surface area contributed by atoms with Crippen LogP contribution in [0.4, 0.5) is 0 Å². The lowest BCUT2D eigenvalue weighted by Crippen LogP contribution is -2.40. The molecule has 0 amide bonds. The Bertz CT molecular complexity index is 518.